The molecule has 116 valence electrons. The Labute approximate surface area is 128 Å². The van der Waals surface area contributed by atoms with Gasteiger partial charge in [-0.1, -0.05) is 11.6 Å². The number of aromatic amines is 1. The van der Waals surface area contributed by atoms with Gasteiger partial charge in [0, 0.05) is 17.7 Å². The van der Waals surface area contributed by atoms with Crippen molar-refractivity contribution in [3.63, 3.8) is 0 Å². The van der Waals surface area contributed by atoms with Gasteiger partial charge in [-0.25, -0.2) is 4.98 Å². The van der Waals surface area contributed by atoms with E-state index in [1.807, 2.05) is 0 Å². The van der Waals surface area contributed by atoms with Gasteiger partial charge in [0.05, 0.1) is 16.0 Å². The summed E-state index contributed by atoms with van der Waals surface area (Å²) in [5.41, 5.74) is 0.532. The molecule has 0 saturated heterocycles. The van der Waals surface area contributed by atoms with E-state index in [9.17, 15) is 25.0 Å². The van der Waals surface area contributed by atoms with E-state index in [0.29, 0.717) is 16.3 Å². The van der Waals surface area contributed by atoms with Crippen LogP contribution in [0.1, 0.15) is 11.1 Å². The molecule has 0 amide bonds. The lowest BCUT2D eigenvalue weighted by Crippen LogP contribution is -2.08. The van der Waals surface area contributed by atoms with Crippen LogP contribution >= 0.6 is 11.6 Å². The van der Waals surface area contributed by atoms with E-state index in [1.54, 1.807) is 6.92 Å². The Bertz CT molecular complexity index is 774. The van der Waals surface area contributed by atoms with Crippen LogP contribution in [0.25, 0.3) is 0 Å². The maximum Gasteiger partial charge on any atom is 0.287 e. The van der Waals surface area contributed by atoms with Crippen molar-refractivity contribution < 1.29 is 9.85 Å². The number of hydrogen-bond donors (Lipinski definition) is 1. The fourth-order valence-electron chi connectivity index (χ4n) is 1.33. The van der Waals surface area contributed by atoms with E-state index >= 15 is 0 Å². The Morgan fingerprint density at radius 1 is 1.09 bits per heavy atom. The molecule has 2 aromatic rings. The number of hydrogen-bond acceptors (Lipinski definition) is 6. The third-order valence-corrected chi connectivity index (χ3v) is 2.89. The highest BCUT2D eigenvalue weighted by atomic mass is 35.5. The molecular formula is C12H11ClN4O5. The molecule has 9 nitrogen and oxygen atoms in total. The molecule has 0 bridgehead atoms. The summed E-state index contributed by atoms with van der Waals surface area (Å²) in [5, 5.41) is 20.6. The standard InChI is InChI=1S/C6H5ClN2O2.C6H6N2O3/c1-4-2-5(9(10)11)3-8-6(4)7;1-4-2-5(8(10)11)3-7-6(4)9/h2-3H,1H3;2-3H,1H3,(H,7,9). The first-order valence-electron chi connectivity index (χ1n) is 5.82. The summed E-state index contributed by atoms with van der Waals surface area (Å²) >= 11 is 5.55. The van der Waals surface area contributed by atoms with Gasteiger partial charge in [0.25, 0.3) is 16.9 Å². The Balaban J connectivity index is 0.000000220. The predicted molar refractivity (Wildman–Crippen MR) is 79.1 cm³/mol. The van der Waals surface area contributed by atoms with Crippen LogP contribution in [0, 0.1) is 34.1 Å². The molecule has 0 unspecified atom stereocenters. The van der Waals surface area contributed by atoms with Crippen molar-refractivity contribution in [2.75, 3.05) is 0 Å². The Hall–Kier alpha value is -2.81. The minimum atomic E-state index is -0.553. The number of rotatable bonds is 2. The normalized spacial score (nSPS) is 9.59. The van der Waals surface area contributed by atoms with Crippen molar-refractivity contribution in [3.8, 4) is 0 Å². The quantitative estimate of drug-likeness (QED) is 0.512. The monoisotopic (exact) mass is 326 g/mol. The first-order chi connectivity index (χ1) is 10.2. The summed E-state index contributed by atoms with van der Waals surface area (Å²) in [6, 6.07) is 2.62. The van der Waals surface area contributed by atoms with E-state index in [1.165, 1.54) is 19.1 Å². The summed E-state index contributed by atoms with van der Waals surface area (Å²) in [7, 11) is 0. The molecule has 0 radical (unpaired) electrons. The topological polar surface area (TPSA) is 132 Å². The SMILES string of the molecule is Cc1cc([N+](=O)[O-])c[nH]c1=O.Cc1cc([N+](=O)[O-])cnc1Cl. The zero-order valence-corrected chi connectivity index (χ0v) is 12.3. The van der Waals surface area contributed by atoms with Crippen LogP contribution in [0.3, 0.4) is 0 Å². The number of aryl methyl sites for hydroxylation is 2. The van der Waals surface area contributed by atoms with Crippen LogP contribution in [-0.2, 0) is 0 Å². The first-order valence-corrected chi connectivity index (χ1v) is 6.20. The maximum atomic E-state index is 10.7. The largest absolute Gasteiger partial charge is 0.323 e. The number of nitro groups is 2. The summed E-state index contributed by atoms with van der Waals surface area (Å²) in [6.45, 7) is 3.19. The third kappa shape index (κ3) is 4.63. The van der Waals surface area contributed by atoms with Gasteiger partial charge in [0.1, 0.15) is 11.3 Å². The van der Waals surface area contributed by atoms with Crippen molar-refractivity contribution in [1.82, 2.24) is 9.97 Å². The molecule has 0 saturated carbocycles. The summed E-state index contributed by atoms with van der Waals surface area (Å²) in [4.78, 5) is 35.9. The molecule has 0 aliphatic carbocycles. The van der Waals surface area contributed by atoms with Gasteiger partial charge >= 0.3 is 0 Å². The second-order valence-corrected chi connectivity index (χ2v) is 4.54. The Kier molecular flexibility index (Phi) is 5.70. The third-order valence-electron chi connectivity index (χ3n) is 2.50. The summed E-state index contributed by atoms with van der Waals surface area (Å²) < 4.78 is 0. The van der Waals surface area contributed by atoms with Crippen molar-refractivity contribution in [2.45, 2.75) is 13.8 Å². The highest BCUT2D eigenvalue weighted by molar-refractivity contribution is 6.30. The van der Waals surface area contributed by atoms with Crippen molar-refractivity contribution in [2.24, 2.45) is 0 Å². The fourth-order valence-corrected chi connectivity index (χ4v) is 1.43. The zero-order chi connectivity index (χ0) is 16.9. The molecule has 2 heterocycles. The lowest BCUT2D eigenvalue weighted by molar-refractivity contribution is -0.385. The number of H-pyrrole nitrogens is 1. The second-order valence-electron chi connectivity index (χ2n) is 4.19. The molecule has 2 rings (SSSR count). The molecular weight excluding hydrogens is 316 g/mol. The van der Waals surface area contributed by atoms with Crippen LogP contribution in [0.5, 0.6) is 0 Å². The lowest BCUT2D eigenvalue weighted by Gasteiger charge is -1.94. The number of pyridine rings is 2. The Morgan fingerprint density at radius 3 is 2.09 bits per heavy atom. The van der Waals surface area contributed by atoms with Crippen LogP contribution < -0.4 is 5.56 Å². The highest BCUT2D eigenvalue weighted by Gasteiger charge is 2.07. The molecule has 0 fully saturated rings. The van der Waals surface area contributed by atoms with E-state index in [2.05, 4.69) is 9.97 Å². The molecule has 0 aliphatic heterocycles. The molecule has 0 atom stereocenters. The molecule has 1 N–H and O–H groups in total. The lowest BCUT2D eigenvalue weighted by atomic mass is 10.3. The fraction of sp³-hybridized carbons (Fsp3) is 0.167. The van der Waals surface area contributed by atoms with E-state index in [0.717, 1.165) is 12.4 Å². The first kappa shape index (κ1) is 17.2. The van der Waals surface area contributed by atoms with Gasteiger partial charge in [-0.15, -0.1) is 0 Å². The molecule has 2 aromatic heterocycles. The molecule has 22 heavy (non-hydrogen) atoms. The number of nitrogens with one attached hydrogen (secondary N) is 1. The second kappa shape index (κ2) is 7.27. The zero-order valence-electron chi connectivity index (χ0n) is 11.6. The minimum absolute atomic E-state index is 0.0353. The predicted octanol–water partition coefficient (Wildman–Crippen LogP) is 2.54. The average molecular weight is 327 g/mol. The number of halogens is 1. The van der Waals surface area contributed by atoms with Crippen LogP contribution in [0.4, 0.5) is 11.4 Å². The molecule has 0 aliphatic rings. The van der Waals surface area contributed by atoms with E-state index in [-0.39, 0.29) is 16.9 Å². The number of nitrogens with zero attached hydrogens (tertiary/aromatic N) is 3. The highest BCUT2D eigenvalue weighted by Crippen LogP contribution is 2.17. The average Bonchev–Trinajstić information content (AvgIpc) is 2.45. The summed E-state index contributed by atoms with van der Waals surface area (Å²) in [5.74, 6) is 0. The number of aromatic nitrogens is 2. The van der Waals surface area contributed by atoms with Crippen LogP contribution in [0.15, 0.2) is 29.3 Å². The van der Waals surface area contributed by atoms with Gasteiger partial charge in [0.15, 0.2) is 0 Å². The van der Waals surface area contributed by atoms with Crippen molar-refractivity contribution in [1.29, 1.82) is 0 Å². The Morgan fingerprint density at radius 2 is 1.64 bits per heavy atom. The molecule has 10 heteroatoms. The smallest absolute Gasteiger partial charge is 0.287 e. The van der Waals surface area contributed by atoms with E-state index in [4.69, 9.17) is 11.6 Å². The van der Waals surface area contributed by atoms with Gasteiger partial charge in [0.2, 0.25) is 0 Å². The molecule has 0 aromatic carbocycles. The van der Waals surface area contributed by atoms with Crippen molar-refractivity contribution >= 4 is 23.0 Å². The summed E-state index contributed by atoms with van der Waals surface area (Å²) in [6.07, 6.45) is 2.21. The maximum absolute atomic E-state index is 10.7. The van der Waals surface area contributed by atoms with Crippen LogP contribution in [-0.4, -0.2) is 19.8 Å². The van der Waals surface area contributed by atoms with Gasteiger partial charge < -0.3 is 4.98 Å². The van der Waals surface area contributed by atoms with Gasteiger partial charge in [-0.05, 0) is 19.4 Å². The van der Waals surface area contributed by atoms with E-state index < -0.39 is 9.85 Å². The van der Waals surface area contributed by atoms with Gasteiger partial charge in [-0.3, -0.25) is 25.0 Å². The van der Waals surface area contributed by atoms with Crippen LogP contribution in [0.2, 0.25) is 5.15 Å². The van der Waals surface area contributed by atoms with Crippen molar-refractivity contribution in [3.05, 3.63) is 71.4 Å². The minimum Gasteiger partial charge on any atom is -0.323 e. The van der Waals surface area contributed by atoms with Gasteiger partial charge in [-0.2, -0.15) is 0 Å². The molecule has 0 spiro atoms.